The highest BCUT2D eigenvalue weighted by Crippen LogP contribution is 2.35. The van der Waals surface area contributed by atoms with Gasteiger partial charge in [0.1, 0.15) is 5.75 Å². The Morgan fingerprint density at radius 2 is 1.97 bits per heavy atom. The predicted molar refractivity (Wildman–Crippen MR) is 131 cm³/mol. The Bertz CT molecular complexity index is 1090. The quantitative estimate of drug-likeness (QED) is 0.331. The summed E-state index contributed by atoms with van der Waals surface area (Å²) in [7, 11) is 1.36. The molecule has 4 rings (SSSR count). The summed E-state index contributed by atoms with van der Waals surface area (Å²) in [5.74, 6) is 0.0941. The normalized spacial score (nSPS) is 16.5. The zero-order chi connectivity index (χ0) is 22.5. The average Bonchev–Trinajstić information content (AvgIpc) is 3.52. The average molecular weight is 468 g/mol. The highest BCUT2D eigenvalue weighted by Gasteiger charge is 2.22. The van der Waals surface area contributed by atoms with Gasteiger partial charge in [-0.15, -0.1) is 11.3 Å². The summed E-state index contributed by atoms with van der Waals surface area (Å²) in [5.41, 5.74) is 4.51. The van der Waals surface area contributed by atoms with E-state index in [1.807, 2.05) is 25.1 Å². The van der Waals surface area contributed by atoms with E-state index >= 15 is 0 Å². The van der Waals surface area contributed by atoms with Crippen LogP contribution in [0.4, 0.5) is 0 Å². The number of thiophene rings is 1. The van der Waals surface area contributed by atoms with Crippen molar-refractivity contribution in [3.63, 3.8) is 0 Å². The lowest BCUT2D eigenvalue weighted by Gasteiger charge is -2.17. The first-order chi connectivity index (χ1) is 15.6. The first kappa shape index (κ1) is 22.6. The Balaban J connectivity index is 1.47. The van der Waals surface area contributed by atoms with Crippen LogP contribution in [0.2, 0.25) is 5.02 Å². The third-order valence-corrected chi connectivity index (χ3v) is 6.83. The molecule has 0 N–H and O–H groups in total. The van der Waals surface area contributed by atoms with Gasteiger partial charge in [0, 0.05) is 4.88 Å². The molecule has 0 fully saturated rings. The molecule has 0 spiro atoms. The number of halogens is 1. The molecule has 1 aliphatic rings. The summed E-state index contributed by atoms with van der Waals surface area (Å²) >= 11 is 8.23. The maximum absolute atomic E-state index is 11.9. The Morgan fingerprint density at radius 3 is 2.62 bits per heavy atom. The number of benzene rings is 2. The smallest absolute Gasteiger partial charge is 0.347 e. The second kappa shape index (κ2) is 10.3. The molecule has 6 heteroatoms. The Morgan fingerprint density at radius 1 is 1.19 bits per heavy atom. The number of hydrogen-bond acceptors (Lipinski definition) is 5. The van der Waals surface area contributed by atoms with E-state index in [1.165, 1.54) is 23.3 Å². The molecular weight excluding hydrogens is 442 g/mol. The van der Waals surface area contributed by atoms with Crippen LogP contribution in [-0.2, 0) is 9.53 Å². The lowest BCUT2D eigenvalue weighted by Crippen LogP contribution is -2.28. The molecule has 2 heterocycles. The van der Waals surface area contributed by atoms with Crippen LogP contribution in [0, 0.1) is 0 Å². The van der Waals surface area contributed by atoms with Gasteiger partial charge in [0.05, 0.1) is 23.9 Å². The Kier molecular flexibility index (Phi) is 7.28. The maximum Gasteiger partial charge on any atom is 0.347 e. The zero-order valence-corrected chi connectivity index (χ0v) is 19.8. The Hall–Kier alpha value is -2.63. The van der Waals surface area contributed by atoms with Gasteiger partial charge in [-0.3, -0.25) is 4.99 Å². The number of ether oxygens (including phenoxy) is 2. The molecule has 1 aliphatic heterocycles. The summed E-state index contributed by atoms with van der Waals surface area (Å²) in [6, 6.07) is 18.6. The van der Waals surface area contributed by atoms with Gasteiger partial charge in [0.2, 0.25) is 0 Å². The first-order valence-electron chi connectivity index (χ1n) is 10.8. The summed E-state index contributed by atoms with van der Waals surface area (Å²) in [6.45, 7) is 1.99. The minimum atomic E-state index is -0.654. The molecule has 0 saturated heterocycles. The number of methoxy groups -OCH3 is 1. The largest absolute Gasteiger partial charge is 0.477 e. The van der Waals surface area contributed by atoms with Crippen LogP contribution in [0.15, 0.2) is 65.0 Å². The van der Waals surface area contributed by atoms with E-state index in [0.717, 1.165) is 30.4 Å². The molecule has 0 aliphatic carbocycles. The molecule has 3 aromatic rings. The molecule has 0 saturated carbocycles. The third kappa shape index (κ3) is 5.05. The van der Waals surface area contributed by atoms with Gasteiger partial charge in [0.15, 0.2) is 6.10 Å². The second-order valence-electron chi connectivity index (χ2n) is 7.79. The van der Waals surface area contributed by atoms with Crippen molar-refractivity contribution in [2.45, 2.75) is 44.8 Å². The predicted octanol–water partition coefficient (Wildman–Crippen LogP) is 7.11. The fourth-order valence-corrected chi connectivity index (χ4v) is 4.88. The van der Waals surface area contributed by atoms with Crippen LogP contribution in [0.25, 0.3) is 11.1 Å². The van der Waals surface area contributed by atoms with Crippen LogP contribution in [-0.4, -0.2) is 24.9 Å². The van der Waals surface area contributed by atoms with Crippen LogP contribution in [0.5, 0.6) is 5.75 Å². The standard InChI is InChI=1S/C26H26ClNO3S/c1-3-5-24(26(29)30-2)31-23-14-11-19(16-20(23)27)17-7-9-18(10-8-17)21-12-13-22(28-21)25-6-4-15-32-25/h4,6-11,14-16,21,24H,3,5,12-13H2,1-2H3. The molecule has 0 amide bonds. The van der Waals surface area contributed by atoms with Gasteiger partial charge in [-0.25, -0.2) is 4.79 Å². The van der Waals surface area contributed by atoms with E-state index in [9.17, 15) is 4.79 Å². The van der Waals surface area contributed by atoms with E-state index in [0.29, 0.717) is 17.2 Å². The molecule has 2 atom stereocenters. The second-order valence-corrected chi connectivity index (χ2v) is 9.15. The zero-order valence-electron chi connectivity index (χ0n) is 18.2. The van der Waals surface area contributed by atoms with Gasteiger partial charge >= 0.3 is 5.97 Å². The van der Waals surface area contributed by atoms with Crippen molar-refractivity contribution in [1.29, 1.82) is 0 Å². The third-order valence-electron chi connectivity index (χ3n) is 5.62. The van der Waals surface area contributed by atoms with Gasteiger partial charge in [-0.05, 0) is 59.5 Å². The number of carbonyl (C=O) groups is 1. The first-order valence-corrected chi connectivity index (χ1v) is 12.1. The number of nitrogens with zero attached hydrogens (tertiary/aromatic N) is 1. The molecule has 0 bridgehead atoms. The fraction of sp³-hybridized carbons (Fsp3) is 0.308. The minimum Gasteiger partial charge on any atom is -0.477 e. The molecule has 4 nitrogen and oxygen atoms in total. The van der Waals surface area contributed by atoms with Crippen molar-refractivity contribution in [3.05, 3.63) is 75.4 Å². The number of rotatable bonds is 8. The SMILES string of the molecule is CCCC(Oc1ccc(-c2ccc(C3CCC(c4cccs4)=N3)cc2)cc1Cl)C(=O)OC. The molecule has 32 heavy (non-hydrogen) atoms. The monoisotopic (exact) mass is 467 g/mol. The van der Waals surface area contributed by atoms with E-state index in [-0.39, 0.29) is 12.0 Å². The fourth-order valence-electron chi connectivity index (χ4n) is 3.91. The van der Waals surface area contributed by atoms with Crippen molar-refractivity contribution in [2.75, 3.05) is 7.11 Å². The highest BCUT2D eigenvalue weighted by molar-refractivity contribution is 7.12. The van der Waals surface area contributed by atoms with Crippen LogP contribution in [0.3, 0.4) is 0 Å². The summed E-state index contributed by atoms with van der Waals surface area (Å²) < 4.78 is 10.7. The summed E-state index contributed by atoms with van der Waals surface area (Å²) in [4.78, 5) is 18.2. The minimum absolute atomic E-state index is 0.217. The molecule has 2 unspecified atom stereocenters. The van der Waals surface area contributed by atoms with Crippen molar-refractivity contribution < 1.29 is 14.3 Å². The molecular formula is C26H26ClNO3S. The lowest BCUT2D eigenvalue weighted by molar-refractivity contribution is -0.149. The molecule has 0 radical (unpaired) electrons. The van der Waals surface area contributed by atoms with Crippen LogP contribution >= 0.6 is 22.9 Å². The van der Waals surface area contributed by atoms with E-state index in [4.69, 9.17) is 26.1 Å². The van der Waals surface area contributed by atoms with Crippen molar-refractivity contribution >= 4 is 34.6 Å². The topological polar surface area (TPSA) is 47.9 Å². The lowest BCUT2D eigenvalue weighted by atomic mass is 9.99. The summed E-state index contributed by atoms with van der Waals surface area (Å²) in [6.07, 6.45) is 2.79. The molecule has 2 aromatic carbocycles. The van der Waals surface area contributed by atoms with Gasteiger partial charge in [-0.2, -0.15) is 0 Å². The highest BCUT2D eigenvalue weighted by atomic mass is 35.5. The molecule has 166 valence electrons. The van der Waals surface area contributed by atoms with Crippen LogP contribution < -0.4 is 4.74 Å². The van der Waals surface area contributed by atoms with Crippen molar-refractivity contribution in [1.82, 2.24) is 0 Å². The molecule has 1 aromatic heterocycles. The van der Waals surface area contributed by atoms with E-state index in [1.54, 1.807) is 11.3 Å². The number of carbonyl (C=O) groups excluding carboxylic acids is 1. The number of hydrogen-bond donors (Lipinski definition) is 0. The maximum atomic E-state index is 11.9. The summed E-state index contributed by atoms with van der Waals surface area (Å²) in [5, 5.41) is 2.57. The van der Waals surface area contributed by atoms with Crippen molar-refractivity contribution in [2.24, 2.45) is 4.99 Å². The van der Waals surface area contributed by atoms with Gasteiger partial charge in [0.25, 0.3) is 0 Å². The van der Waals surface area contributed by atoms with Crippen molar-refractivity contribution in [3.8, 4) is 16.9 Å². The van der Waals surface area contributed by atoms with E-state index < -0.39 is 6.10 Å². The van der Waals surface area contributed by atoms with Gasteiger partial charge in [-0.1, -0.05) is 61.3 Å². The van der Waals surface area contributed by atoms with Crippen LogP contribution in [0.1, 0.15) is 49.1 Å². The van der Waals surface area contributed by atoms with Gasteiger partial charge < -0.3 is 9.47 Å². The van der Waals surface area contributed by atoms with E-state index in [2.05, 4.69) is 41.8 Å². The Labute approximate surface area is 197 Å². The number of esters is 1. The number of aliphatic imine (C=N–C) groups is 1.